The molecule has 0 bridgehead atoms. The van der Waals surface area contributed by atoms with Crippen LogP contribution in [0.2, 0.25) is 0 Å². The number of nitrogens with zero attached hydrogens (tertiary/aromatic N) is 3. The van der Waals surface area contributed by atoms with E-state index in [0.29, 0.717) is 30.4 Å². The molecular weight excluding hydrogens is 364 g/mol. The molecule has 1 aliphatic rings. The van der Waals surface area contributed by atoms with Gasteiger partial charge in [-0.05, 0) is 37.5 Å². The van der Waals surface area contributed by atoms with Crippen LogP contribution in [0.3, 0.4) is 0 Å². The van der Waals surface area contributed by atoms with Gasteiger partial charge in [0.2, 0.25) is 0 Å². The number of hydrogen-bond acceptors (Lipinski definition) is 5. The zero-order valence-corrected chi connectivity index (χ0v) is 16.7. The van der Waals surface area contributed by atoms with Crippen LogP contribution < -0.4 is 15.0 Å². The van der Waals surface area contributed by atoms with Crippen molar-refractivity contribution in [3.63, 3.8) is 0 Å². The maximum absolute atomic E-state index is 13.2. The number of rotatable bonds is 5. The number of fused-ring (bicyclic) bond motifs is 1. The van der Waals surface area contributed by atoms with Crippen LogP contribution >= 0.6 is 0 Å². The highest BCUT2D eigenvalue weighted by molar-refractivity contribution is 6.05. The first-order valence-corrected chi connectivity index (χ1v) is 9.77. The van der Waals surface area contributed by atoms with Crippen molar-refractivity contribution < 1.29 is 9.53 Å². The lowest BCUT2D eigenvalue weighted by Crippen LogP contribution is -2.36. The summed E-state index contributed by atoms with van der Waals surface area (Å²) in [6.07, 6.45) is 1.94. The van der Waals surface area contributed by atoms with Gasteiger partial charge in [-0.25, -0.2) is 9.97 Å². The van der Waals surface area contributed by atoms with E-state index in [2.05, 4.69) is 21.4 Å². The molecule has 2 heterocycles. The molecule has 3 aromatic rings. The van der Waals surface area contributed by atoms with E-state index in [-0.39, 0.29) is 5.91 Å². The smallest absolute Gasteiger partial charge is 0.277 e. The van der Waals surface area contributed by atoms with Crippen molar-refractivity contribution in [2.45, 2.75) is 26.3 Å². The SMILES string of the molecule is COc1ccccc1CNc1cc(C(=O)N2CCCc3ccccc32)nc(C)n1. The molecule has 2 aromatic carbocycles. The van der Waals surface area contributed by atoms with E-state index in [1.807, 2.05) is 47.4 Å². The van der Waals surface area contributed by atoms with E-state index < -0.39 is 0 Å². The summed E-state index contributed by atoms with van der Waals surface area (Å²) >= 11 is 0. The summed E-state index contributed by atoms with van der Waals surface area (Å²) < 4.78 is 5.40. The van der Waals surface area contributed by atoms with E-state index in [4.69, 9.17) is 4.74 Å². The van der Waals surface area contributed by atoms with E-state index in [0.717, 1.165) is 29.8 Å². The van der Waals surface area contributed by atoms with Gasteiger partial charge in [-0.2, -0.15) is 0 Å². The molecule has 1 aliphatic heterocycles. The second kappa shape index (κ2) is 8.31. The van der Waals surface area contributed by atoms with Gasteiger partial charge in [-0.15, -0.1) is 0 Å². The Hall–Kier alpha value is -3.41. The summed E-state index contributed by atoms with van der Waals surface area (Å²) in [4.78, 5) is 23.9. The number of carbonyl (C=O) groups is 1. The van der Waals surface area contributed by atoms with Gasteiger partial charge in [-0.3, -0.25) is 4.79 Å². The van der Waals surface area contributed by atoms with Crippen LogP contribution in [0, 0.1) is 6.92 Å². The number of aromatic nitrogens is 2. The second-order valence-corrected chi connectivity index (χ2v) is 7.04. The van der Waals surface area contributed by atoms with Gasteiger partial charge >= 0.3 is 0 Å². The summed E-state index contributed by atoms with van der Waals surface area (Å²) in [6, 6.07) is 17.6. The molecule has 1 aromatic heterocycles. The first-order chi connectivity index (χ1) is 14.2. The lowest BCUT2D eigenvalue weighted by Gasteiger charge is -2.29. The summed E-state index contributed by atoms with van der Waals surface area (Å²) in [5.74, 6) is 1.90. The number of ether oxygens (including phenoxy) is 1. The molecule has 148 valence electrons. The minimum Gasteiger partial charge on any atom is -0.496 e. The average Bonchev–Trinajstić information content (AvgIpc) is 2.76. The fourth-order valence-electron chi connectivity index (χ4n) is 3.69. The highest BCUT2D eigenvalue weighted by Crippen LogP contribution is 2.28. The lowest BCUT2D eigenvalue weighted by atomic mass is 10.0. The molecule has 1 amide bonds. The number of nitrogens with one attached hydrogen (secondary N) is 1. The first kappa shape index (κ1) is 18.9. The van der Waals surface area contributed by atoms with Crippen LogP contribution in [0.4, 0.5) is 11.5 Å². The molecule has 0 unspecified atom stereocenters. The molecule has 0 saturated carbocycles. The van der Waals surface area contributed by atoms with E-state index in [1.165, 1.54) is 5.56 Å². The molecule has 0 radical (unpaired) electrons. The first-order valence-electron chi connectivity index (χ1n) is 9.77. The van der Waals surface area contributed by atoms with Crippen LogP contribution in [0.25, 0.3) is 0 Å². The third-order valence-corrected chi connectivity index (χ3v) is 5.06. The normalized spacial score (nSPS) is 13.0. The van der Waals surface area contributed by atoms with Gasteiger partial charge < -0.3 is 15.0 Å². The lowest BCUT2D eigenvalue weighted by molar-refractivity contribution is 0.0980. The number of hydrogen-bond donors (Lipinski definition) is 1. The number of aryl methyl sites for hydroxylation is 2. The largest absolute Gasteiger partial charge is 0.496 e. The molecule has 0 aliphatic carbocycles. The Morgan fingerprint density at radius 3 is 2.79 bits per heavy atom. The Morgan fingerprint density at radius 1 is 1.14 bits per heavy atom. The highest BCUT2D eigenvalue weighted by Gasteiger charge is 2.24. The zero-order chi connectivity index (χ0) is 20.2. The van der Waals surface area contributed by atoms with Crippen LogP contribution in [0.15, 0.2) is 54.6 Å². The molecule has 0 fully saturated rings. The second-order valence-electron chi connectivity index (χ2n) is 7.04. The van der Waals surface area contributed by atoms with E-state index in [1.54, 1.807) is 20.1 Å². The molecule has 6 nitrogen and oxygen atoms in total. The van der Waals surface area contributed by atoms with Crippen molar-refractivity contribution in [3.05, 3.63) is 77.2 Å². The molecule has 29 heavy (non-hydrogen) atoms. The fraction of sp³-hybridized carbons (Fsp3) is 0.261. The standard InChI is InChI=1S/C23H24N4O2/c1-16-25-19(23(28)27-13-7-10-17-8-3-5-11-20(17)27)14-22(26-16)24-15-18-9-4-6-12-21(18)29-2/h3-6,8-9,11-12,14H,7,10,13,15H2,1-2H3,(H,24,25,26). The predicted octanol–water partition coefficient (Wildman–Crippen LogP) is 4.00. The van der Waals surface area contributed by atoms with Crippen molar-refractivity contribution in [1.29, 1.82) is 0 Å². The topological polar surface area (TPSA) is 67.3 Å². The third kappa shape index (κ3) is 4.06. The zero-order valence-electron chi connectivity index (χ0n) is 16.7. The molecule has 0 spiro atoms. The highest BCUT2D eigenvalue weighted by atomic mass is 16.5. The van der Waals surface area contributed by atoms with Crippen LogP contribution in [-0.4, -0.2) is 29.5 Å². The number of methoxy groups -OCH3 is 1. The molecule has 6 heteroatoms. The molecule has 1 N–H and O–H groups in total. The Labute approximate surface area is 170 Å². The minimum absolute atomic E-state index is 0.0945. The van der Waals surface area contributed by atoms with Gasteiger partial charge in [0.25, 0.3) is 5.91 Å². The van der Waals surface area contributed by atoms with Gasteiger partial charge in [0, 0.05) is 30.4 Å². The number of amides is 1. The number of para-hydroxylation sites is 2. The van der Waals surface area contributed by atoms with Gasteiger partial charge in [-0.1, -0.05) is 36.4 Å². The van der Waals surface area contributed by atoms with Gasteiger partial charge in [0.05, 0.1) is 7.11 Å². The predicted molar refractivity (Wildman–Crippen MR) is 114 cm³/mol. The molecule has 4 rings (SSSR count). The number of carbonyl (C=O) groups excluding carboxylic acids is 1. The van der Waals surface area contributed by atoms with Crippen LogP contribution in [0.5, 0.6) is 5.75 Å². The number of benzene rings is 2. The van der Waals surface area contributed by atoms with Crippen molar-refractivity contribution in [2.24, 2.45) is 0 Å². The average molecular weight is 388 g/mol. The molecule has 0 saturated heterocycles. The fourth-order valence-corrected chi connectivity index (χ4v) is 3.69. The monoisotopic (exact) mass is 388 g/mol. The Kier molecular flexibility index (Phi) is 5.42. The van der Waals surface area contributed by atoms with Gasteiger partial charge in [0.15, 0.2) is 0 Å². The maximum Gasteiger partial charge on any atom is 0.277 e. The van der Waals surface area contributed by atoms with Crippen LogP contribution in [-0.2, 0) is 13.0 Å². The Bertz CT molecular complexity index is 1030. The van der Waals surface area contributed by atoms with Crippen molar-refractivity contribution in [1.82, 2.24) is 9.97 Å². The van der Waals surface area contributed by atoms with Crippen molar-refractivity contribution >= 4 is 17.4 Å². The summed E-state index contributed by atoms with van der Waals surface area (Å²) in [5, 5.41) is 3.29. The van der Waals surface area contributed by atoms with E-state index >= 15 is 0 Å². The summed E-state index contributed by atoms with van der Waals surface area (Å²) in [7, 11) is 1.65. The Morgan fingerprint density at radius 2 is 1.93 bits per heavy atom. The van der Waals surface area contributed by atoms with E-state index in [9.17, 15) is 4.79 Å². The summed E-state index contributed by atoms with van der Waals surface area (Å²) in [5.41, 5.74) is 3.59. The minimum atomic E-state index is -0.0945. The van der Waals surface area contributed by atoms with Gasteiger partial charge in [0.1, 0.15) is 23.1 Å². The van der Waals surface area contributed by atoms with Crippen LogP contribution in [0.1, 0.15) is 33.9 Å². The number of anilines is 2. The molecule has 0 atom stereocenters. The Balaban J connectivity index is 1.57. The van der Waals surface area contributed by atoms with Crippen molar-refractivity contribution in [3.8, 4) is 5.75 Å². The quantitative estimate of drug-likeness (QED) is 0.716. The molecular formula is C23H24N4O2. The van der Waals surface area contributed by atoms with Crippen molar-refractivity contribution in [2.75, 3.05) is 23.9 Å². The third-order valence-electron chi connectivity index (χ3n) is 5.06. The maximum atomic E-state index is 13.2. The summed E-state index contributed by atoms with van der Waals surface area (Å²) in [6.45, 7) is 3.04.